The lowest BCUT2D eigenvalue weighted by Crippen LogP contribution is -2.14. The topological polar surface area (TPSA) is 96.1 Å². The number of aliphatic hydroxyl groups excluding tert-OH is 1. The van der Waals surface area contributed by atoms with Gasteiger partial charge in [0.25, 0.3) is 0 Å². The summed E-state index contributed by atoms with van der Waals surface area (Å²) in [7, 11) is 0. The Morgan fingerprint density at radius 2 is 2.13 bits per heavy atom. The second-order valence-corrected chi connectivity index (χ2v) is 3.05. The highest BCUT2D eigenvalue weighted by Crippen LogP contribution is 2.19. The van der Waals surface area contributed by atoms with Crippen LogP contribution in [0.5, 0.6) is 0 Å². The van der Waals surface area contributed by atoms with E-state index in [0.29, 0.717) is 18.8 Å². The van der Waals surface area contributed by atoms with E-state index in [1.165, 1.54) is 6.33 Å². The summed E-state index contributed by atoms with van der Waals surface area (Å²) in [5.74, 6) is 6.75. The van der Waals surface area contributed by atoms with E-state index in [1.807, 2.05) is 6.92 Å². The van der Waals surface area contributed by atoms with Gasteiger partial charge in [-0.05, 0) is 12.8 Å². The molecule has 0 aliphatic carbocycles. The van der Waals surface area contributed by atoms with Crippen LogP contribution in [0.1, 0.15) is 18.9 Å². The Morgan fingerprint density at radius 1 is 1.40 bits per heavy atom. The Morgan fingerprint density at radius 3 is 2.73 bits per heavy atom. The number of nitrogens with two attached hydrogens (primary N) is 1. The minimum absolute atomic E-state index is 0.168. The van der Waals surface area contributed by atoms with Crippen LogP contribution >= 0.6 is 0 Å². The van der Waals surface area contributed by atoms with Gasteiger partial charge in [0.15, 0.2) is 0 Å². The second kappa shape index (κ2) is 6.15. The van der Waals surface area contributed by atoms with Gasteiger partial charge in [0.05, 0.1) is 0 Å². The highest BCUT2D eigenvalue weighted by Gasteiger charge is 2.07. The summed E-state index contributed by atoms with van der Waals surface area (Å²) in [6, 6.07) is 0. The van der Waals surface area contributed by atoms with Crippen molar-refractivity contribution in [1.29, 1.82) is 0 Å². The molecule has 1 aromatic rings. The number of anilines is 2. The molecule has 0 bridgehead atoms. The normalized spacial score (nSPS) is 10.1. The first-order valence-electron chi connectivity index (χ1n) is 4.98. The number of nitrogens with zero attached hydrogens (tertiary/aromatic N) is 2. The van der Waals surface area contributed by atoms with Gasteiger partial charge in [-0.15, -0.1) is 0 Å². The molecule has 0 spiro atoms. The molecular weight excluding hydrogens is 194 g/mol. The maximum Gasteiger partial charge on any atom is 0.148 e. The first kappa shape index (κ1) is 11.7. The second-order valence-electron chi connectivity index (χ2n) is 3.05. The molecule has 15 heavy (non-hydrogen) atoms. The molecule has 0 aliphatic rings. The van der Waals surface area contributed by atoms with Gasteiger partial charge >= 0.3 is 0 Å². The number of nitrogens with one attached hydrogen (secondary N) is 2. The van der Waals surface area contributed by atoms with Crippen LogP contribution < -0.4 is 16.6 Å². The Labute approximate surface area is 88.9 Å². The van der Waals surface area contributed by atoms with E-state index in [-0.39, 0.29) is 6.61 Å². The smallest absolute Gasteiger partial charge is 0.148 e. The highest BCUT2D eigenvalue weighted by atomic mass is 16.3. The maximum atomic E-state index is 8.67. The lowest BCUT2D eigenvalue weighted by Gasteiger charge is -2.11. The lowest BCUT2D eigenvalue weighted by molar-refractivity contribution is 0.292. The Hall–Kier alpha value is -1.40. The molecule has 1 rings (SSSR count). The summed E-state index contributed by atoms with van der Waals surface area (Å²) in [5.41, 5.74) is 3.49. The molecule has 6 heteroatoms. The zero-order chi connectivity index (χ0) is 11.1. The van der Waals surface area contributed by atoms with Crippen LogP contribution in [-0.4, -0.2) is 28.2 Å². The number of aliphatic hydroxyl groups is 1. The Balaban J connectivity index is 2.76. The average Bonchev–Trinajstić information content (AvgIpc) is 2.29. The number of hydrogen-bond donors (Lipinski definition) is 4. The molecule has 0 unspecified atom stereocenters. The predicted molar refractivity (Wildman–Crippen MR) is 59.4 cm³/mol. The molecule has 0 amide bonds. The molecule has 0 saturated heterocycles. The van der Waals surface area contributed by atoms with Gasteiger partial charge in [-0.1, -0.05) is 6.92 Å². The standard InChI is InChI=1S/C9H17N5O/c1-2-7-8(11-4-3-5-15)12-6-13-9(7)14-10/h6,15H,2-5,10H2,1H3,(H2,11,12,13,14). The largest absolute Gasteiger partial charge is 0.396 e. The molecule has 0 atom stereocenters. The van der Waals surface area contributed by atoms with Crippen LogP contribution in [0.25, 0.3) is 0 Å². The third-order valence-corrected chi connectivity index (χ3v) is 2.06. The van der Waals surface area contributed by atoms with Gasteiger partial charge < -0.3 is 15.8 Å². The molecule has 0 saturated carbocycles. The molecule has 0 fully saturated rings. The number of hydrogen-bond acceptors (Lipinski definition) is 6. The summed E-state index contributed by atoms with van der Waals surface area (Å²) in [4.78, 5) is 8.15. The van der Waals surface area contributed by atoms with E-state index in [2.05, 4.69) is 20.7 Å². The fraction of sp³-hybridized carbons (Fsp3) is 0.556. The van der Waals surface area contributed by atoms with Gasteiger partial charge in [-0.2, -0.15) is 0 Å². The monoisotopic (exact) mass is 211 g/mol. The minimum atomic E-state index is 0.168. The molecular formula is C9H17N5O. The number of hydrazine groups is 1. The summed E-state index contributed by atoms with van der Waals surface area (Å²) >= 11 is 0. The molecule has 1 aromatic heterocycles. The quantitative estimate of drug-likeness (QED) is 0.303. The molecule has 0 radical (unpaired) electrons. The third-order valence-electron chi connectivity index (χ3n) is 2.06. The van der Waals surface area contributed by atoms with Gasteiger partial charge in [-0.25, -0.2) is 15.8 Å². The van der Waals surface area contributed by atoms with Crippen molar-refractivity contribution in [3.05, 3.63) is 11.9 Å². The maximum absolute atomic E-state index is 8.67. The molecule has 84 valence electrons. The molecule has 1 heterocycles. The van der Waals surface area contributed by atoms with Crippen molar-refractivity contribution in [3.8, 4) is 0 Å². The van der Waals surface area contributed by atoms with Crippen LogP contribution in [0.3, 0.4) is 0 Å². The van der Waals surface area contributed by atoms with E-state index in [9.17, 15) is 0 Å². The fourth-order valence-electron chi connectivity index (χ4n) is 1.31. The van der Waals surface area contributed by atoms with Crippen molar-refractivity contribution in [3.63, 3.8) is 0 Å². The zero-order valence-corrected chi connectivity index (χ0v) is 8.82. The molecule has 0 aromatic carbocycles. The SMILES string of the molecule is CCc1c(NN)ncnc1NCCCO. The minimum Gasteiger partial charge on any atom is -0.396 e. The highest BCUT2D eigenvalue weighted by molar-refractivity contribution is 5.56. The van der Waals surface area contributed by atoms with Crippen molar-refractivity contribution < 1.29 is 5.11 Å². The zero-order valence-electron chi connectivity index (χ0n) is 8.82. The van der Waals surface area contributed by atoms with Crippen LogP contribution in [0, 0.1) is 0 Å². The number of aromatic nitrogens is 2. The fourth-order valence-corrected chi connectivity index (χ4v) is 1.31. The van der Waals surface area contributed by atoms with Crippen molar-refractivity contribution >= 4 is 11.6 Å². The summed E-state index contributed by atoms with van der Waals surface area (Å²) in [6.45, 7) is 2.86. The number of rotatable bonds is 6. The first-order valence-corrected chi connectivity index (χ1v) is 4.98. The summed E-state index contributed by atoms with van der Waals surface area (Å²) in [6.07, 6.45) is 2.94. The predicted octanol–water partition coefficient (Wildman–Crippen LogP) is 0.119. The number of nitrogen functional groups attached to an aromatic ring is 1. The lowest BCUT2D eigenvalue weighted by atomic mass is 10.2. The van der Waals surface area contributed by atoms with E-state index < -0.39 is 0 Å². The van der Waals surface area contributed by atoms with E-state index in [0.717, 1.165) is 17.8 Å². The van der Waals surface area contributed by atoms with E-state index in [1.54, 1.807) is 0 Å². The van der Waals surface area contributed by atoms with Gasteiger partial charge in [-0.3, -0.25) is 0 Å². The first-order chi connectivity index (χ1) is 7.33. The van der Waals surface area contributed by atoms with Gasteiger partial charge in [0.1, 0.15) is 18.0 Å². The molecule has 5 N–H and O–H groups in total. The van der Waals surface area contributed by atoms with Crippen molar-refractivity contribution in [2.24, 2.45) is 5.84 Å². The Kier molecular flexibility index (Phi) is 4.79. The van der Waals surface area contributed by atoms with Crippen molar-refractivity contribution in [1.82, 2.24) is 9.97 Å². The van der Waals surface area contributed by atoms with E-state index in [4.69, 9.17) is 10.9 Å². The van der Waals surface area contributed by atoms with E-state index >= 15 is 0 Å². The van der Waals surface area contributed by atoms with Crippen molar-refractivity contribution in [2.75, 3.05) is 23.9 Å². The van der Waals surface area contributed by atoms with Crippen LogP contribution in [0.4, 0.5) is 11.6 Å². The summed E-state index contributed by atoms with van der Waals surface area (Å²) in [5, 5.41) is 11.8. The van der Waals surface area contributed by atoms with Gasteiger partial charge in [0, 0.05) is 18.7 Å². The average molecular weight is 211 g/mol. The summed E-state index contributed by atoms with van der Waals surface area (Å²) < 4.78 is 0. The van der Waals surface area contributed by atoms with Crippen molar-refractivity contribution in [2.45, 2.75) is 19.8 Å². The Bertz CT molecular complexity index is 305. The van der Waals surface area contributed by atoms with Crippen LogP contribution in [0.15, 0.2) is 6.33 Å². The van der Waals surface area contributed by atoms with Crippen LogP contribution in [0.2, 0.25) is 0 Å². The third kappa shape index (κ3) is 3.03. The van der Waals surface area contributed by atoms with Crippen LogP contribution in [-0.2, 0) is 6.42 Å². The molecule has 0 aliphatic heterocycles. The molecule has 6 nitrogen and oxygen atoms in total. The van der Waals surface area contributed by atoms with Gasteiger partial charge in [0.2, 0.25) is 0 Å².